The number of hydrogen-bond donors (Lipinski definition) is 0. The van der Waals surface area contributed by atoms with Crippen LogP contribution in [0.4, 0.5) is 0 Å². The van der Waals surface area contributed by atoms with Gasteiger partial charge in [-0.05, 0) is 56.4 Å². The molecule has 1 aromatic carbocycles. The number of ketones is 1. The van der Waals surface area contributed by atoms with Crippen LogP contribution in [0.1, 0.15) is 48.9 Å². The molecule has 1 aliphatic rings. The molecule has 0 bridgehead atoms. The maximum absolute atomic E-state index is 12.5. The first-order chi connectivity index (χ1) is 8.77. The molecule has 2 rings (SSSR count). The molecule has 1 fully saturated rings. The van der Waals surface area contributed by atoms with E-state index in [-0.39, 0.29) is 10.9 Å². The van der Waals surface area contributed by atoms with Gasteiger partial charge in [0.05, 0.1) is 4.75 Å². The molecule has 0 radical (unpaired) electrons. The van der Waals surface area contributed by atoms with E-state index in [4.69, 9.17) is 0 Å². The average molecular weight is 276 g/mol. The number of hydrogen-bond acceptors (Lipinski definition) is 3. The van der Waals surface area contributed by atoms with Crippen molar-refractivity contribution in [1.82, 2.24) is 0 Å². The average Bonchev–Trinajstić information content (AvgIpc) is 2.50. The molecule has 0 aromatic heterocycles. The summed E-state index contributed by atoms with van der Waals surface area (Å²) in [6.45, 7) is 9.78. The maximum atomic E-state index is 12.5. The summed E-state index contributed by atoms with van der Waals surface area (Å²) in [6, 6.07) is 4.19. The number of aryl methyl sites for hydroxylation is 3. The predicted octanol–water partition coefficient (Wildman–Crippen LogP) is 3.57. The summed E-state index contributed by atoms with van der Waals surface area (Å²) in [5.74, 6) is -0.538. The van der Waals surface area contributed by atoms with Gasteiger partial charge in [-0.1, -0.05) is 30.8 Å². The topological polar surface area (TPSA) is 34.1 Å². The molecule has 102 valence electrons. The van der Waals surface area contributed by atoms with Crippen molar-refractivity contribution < 1.29 is 9.59 Å². The Morgan fingerprint density at radius 2 is 1.68 bits per heavy atom. The van der Waals surface area contributed by atoms with Crippen molar-refractivity contribution in [2.24, 2.45) is 0 Å². The van der Waals surface area contributed by atoms with Crippen LogP contribution in [0.5, 0.6) is 0 Å². The van der Waals surface area contributed by atoms with Crippen LogP contribution in [0.3, 0.4) is 0 Å². The molecule has 2 nitrogen and oxygen atoms in total. The molecule has 1 unspecified atom stereocenters. The number of benzene rings is 1. The number of Topliss-reactive ketones (excluding diaryl/α,β-unsaturated/α-hetero) is 1. The molecular weight excluding hydrogens is 256 g/mol. The highest BCUT2D eigenvalue weighted by atomic mass is 32.2. The molecule has 0 saturated carbocycles. The Labute approximate surface area is 119 Å². The minimum atomic E-state index is -0.593. The number of thioether (sulfide) groups is 1. The van der Waals surface area contributed by atoms with Gasteiger partial charge in [-0.3, -0.25) is 9.59 Å². The highest BCUT2D eigenvalue weighted by molar-refractivity contribution is 8.16. The van der Waals surface area contributed by atoms with E-state index in [9.17, 15) is 9.59 Å². The standard InChI is InChI=1S/C16H20O2S/c1-6-11-7-9(2)12(10(3)8-11)13-14(17)16(4,5)19-15(13)18/h7-8,13H,6H2,1-5H3. The first-order valence-electron chi connectivity index (χ1n) is 6.65. The third-order valence-electron chi connectivity index (χ3n) is 3.80. The molecule has 0 aliphatic carbocycles. The first kappa shape index (κ1) is 14.3. The van der Waals surface area contributed by atoms with Crippen LogP contribution in [0.2, 0.25) is 0 Å². The van der Waals surface area contributed by atoms with Gasteiger partial charge in [0, 0.05) is 0 Å². The molecular formula is C16H20O2S. The van der Waals surface area contributed by atoms with Crippen LogP contribution in [-0.4, -0.2) is 15.6 Å². The summed E-state index contributed by atoms with van der Waals surface area (Å²) in [5, 5.41) is -0.00884. The summed E-state index contributed by atoms with van der Waals surface area (Å²) in [5.41, 5.74) is 4.29. The lowest BCUT2D eigenvalue weighted by molar-refractivity contribution is -0.124. The van der Waals surface area contributed by atoms with E-state index in [0.717, 1.165) is 23.1 Å². The van der Waals surface area contributed by atoms with Gasteiger partial charge in [0.2, 0.25) is 5.12 Å². The van der Waals surface area contributed by atoms with E-state index in [2.05, 4.69) is 19.1 Å². The molecule has 0 amide bonds. The Morgan fingerprint density at radius 3 is 2.05 bits per heavy atom. The van der Waals surface area contributed by atoms with Gasteiger partial charge in [-0.25, -0.2) is 0 Å². The van der Waals surface area contributed by atoms with Gasteiger partial charge in [-0.2, -0.15) is 0 Å². The highest BCUT2D eigenvalue weighted by Gasteiger charge is 2.49. The molecule has 1 aromatic rings. The SMILES string of the molecule is CCc1cc(C)c(C2C(=O)SC(C)(C)C2=O)c(C)c1. The Kier molecular flexibility index (Phi) is 3.61. The maximum Gasteiger partial charge on any atom is 0.204 e. The van der Waals surface area contributed by atoms with Gasteiger partial charge in [0.1, 0.15) is 5.92 Å². The second kappa shape index (κ2) is 4.78. The van der Waals surface area contributed by atoms with E-state index >= 15 is 0 Å². The Bertz CT molecular complexity index is 535. The fourth-order valence-electron chi connectivity index (χ4n) is 2.79. The van der Waals surface area contributed by atoms with Crippen molar-refractivity contribution in [3.63, 3.8) is 0 Å². The predicted molar refractivity (Wildman–Crippen MR) is 79.7 cm³/mol. The van der Waals surface area contributed by atoms with E-state index in [1.54, 1.807) is 0 Å². The van der Waals surface area contributed by atoms with Crippen molar-refractivity contribution in [3.8, 4) is 0 Å². The second-order valence-corrected chi connectivity index (χ2v) is 7.35. The van der Waals surface area contributed by atoms with Crippen LogP contribution in [-0.2, 0) is 16.0 Å². The van der Waals surface area contributed by atoms with Gasteiger partial charge in [-0.15, -0.1) is 0 Å². The minimum absolute atomic E-state index is 0.00884. The fraction of sp³-hybridized carbons (Fsp3) is 0.500. The van der Waals surface area contributed by atoms with Gasteiger partial charge < -0.3 is 0 Å². The van der Waals surface area contributed by atoms with Gasteiger partial charge >= 0.3 is 0 Å². The van der Waals surface area contributed by atoms with E-state index in [1.807, 2.05) is 27.7 Å². The van der Waals surface area contributed by atoms with E-state index < -0.39 is 10.7 Å². The lowest BCUT2D eigenvalue weighted by Crippen LogP contribution is -2.26. The van der Waals surface area contributed by atoms with Crippen molar-refractivity contribution in [2.75, 3.05) is 0 Å². The zero-order valence-corrected chi connectivity index (χ0v) is 13.0. The summed E-state index contributed by atoms with van der Waals surface area (Å²) < 4.78 is -0.593. The largest absolute Gasteiger partial charge is 0.297 e. The molecule has 19 heavy (non-hydrogen) atoms. The van der Waals surface area contributed by atoms with Crippen LogP contribution >= 0.6 is 11.8 Å². The normalized spacial score (nSPS) is 22.1. The van der Waals surface area contributed by atoms with Crippen molar-refractivity contribution in [1.29, 1.82) is 0 Å². The number of carbonyl (C=O) groups excluding carboxylic acids is 2. The van der Waals surface area contributed by atoms with Crippen molar-refractivity contribution >= 4 is 22.7 Å². The summed E-state index contributed by atoms with van der Waals surface area (Å²) in [7, 11) is 0. The fourth-order valence-corrected chi connectivity index (χ4v) is 3.85. The van der Waals surface area contributed by atoms with Gasteiger partial charge in [0.15, 0.2) is 5.78 Å². The summed E-state index contributed by atoms with van der Waals surface area (Å²) in [4.78, 5) is 24.7. The molecule has 1 heterocycles. The number of rotatable bonds is 2. The Morgan fingerprint density at radius 1 is 1.16 bits per heavy atom. The quantitative estimate of drug-likeness (QED) is 0.774. The zero-order valence-electron chi connectivity index (χ0n) is 12.2. The Balaban J connectivity index is 2.54. The number of carbonyl (C=O) groups is 2. The highest BCUT2D eigenvalue weighted by Crippen LogP contribution is 2.45. The molecule has 0 N–H and O–H groups in total. The molecule has 1 aliphatic heterocycles. The molecule has 1 atom stereocenters. The van der Waals surface area contributed by atoms with Crippen molar-refractivity contribution in [2.45, 2.75) is 51.7 Å². The summed E-state index contributed by atoms with van der Waals surface area (Å²) in [6.07, 6.45) is 0.967. The van der Waals surface area contributed by atoms with Crippen LogP contribution in [0.15, 0.2) is 12.1 Å². The third-order valence-corrected chi connectivity index (χ3v) is 4.95. The van der Waals surface area contributed by atoms with Gasteiger partial charge in [0.25, 0.3) is 0 Å². The van der Waals surface area contributed by atoms with Crippen LogP contribution in [0, 0.1) is 13.8 Å². The monoisotopic (exact) mass is 276 g/mol. The van der Waals surface area contributed by atoms with Crippen molar-refractivity contribution in [3.05, 3.63) is 34.4 Å². The zero-order chi connectivity index (χ0) is 14.4. The lowest BCUT2D eigenvalue weighted by Gasteiger charge is -2.17. The third kappa shape index (κ3) is 2.36. The van der Waals surface area contributed by atoms with Crippen LogP contribution in [0.25, 0.3) is 0 Å². The molecule has 3 heteroatoms. The Hall–Kier alpha value is -1.09. The smallest absolute Gasteiger partial charge is 0.204 e. The minimum Gasteiger partial charge on any atom is -0.297 e. The van der Waals surface area contributed by atoms with Crippen LogP contribution < -0.4 is 0 Å². The lowest BCUT2D eigenvalue weighted by atomic mass is 9.84. The van der Waals surface area contributed by atoms with E-state index in [1.165, 1.54) is 17.3 Å². The van der Waals surface area contributed by atoms with E-state index in [0.29, 0.717) is 0 Å². The first-order valence-corrected chi connectivity index (χ1v) is 7.46. The molecule has 1 saturated heterocycles. The second-order valence-electron chi connectivity index (χ2n) is 5.73. The molecule has 0 spiro atoms. The summed E-state index contributed by atoms with van der Waals surface area (Å²) >= 11 is 1.17.